The van der Waals surface area contributed by atoms with Gasteiger partial charge in [-0.05, 0) is 38.2 Å². The van der Waals surface area contributed by atoms with E-state index in [0.29, 0.717) is 5.57 Å². The maximum absolute atomic E-state index is 13.9. The maximum Gasteiger partial charge on any atom is 0.405 e. The summed E-state index contributed by atoms with van der Waals surface area (Å²) in [5.74, 6) is -2.60. The van der Waals surface area contributed by atoms with Gasteiger partial charge in [0.05, 0.1) is 50.0 Å². The third-order valence-corrected chi connectivity index (χ3v) is 9.70. The van der Waals surface area contributed by atoms with E-state index < -0.39 is 91.2 Å². The quantitative estimate of drug-likeness (QED) is 0.0681. The number of allylic oxidation sites excluding steroid dienone is 4. The number of Topliss-reactive ketones (excluding diaryl/α,β-unsaturated/α-hetero) is 1. The molecule has 0 spiro atoms. The lowest BCUT2D eigenvalue weighted by Gasteiger charge is -2.39. The molecule has 2 heterocycles. The van der Waals surface area contributed by atoms with Crippen LogP contribution in [0.4, 0.5) is 4.79 Å². The lowest BCUT2D eigenvalue weighted by atomic mass is 9.85. The van der Waals surface area contributed by atoms with E-state index in [2.05, 4.69) is 10.6 Å². The van der Waals surface area contributed by atoms with E-state index in [4.69, 9.17) is 34.2 Å². The smallest absolute Gasteiger partial charge is 0.405 e. The number of hydrogen-bond donors (Lipinski definition) is 8. The van der Waals surface area contributed by atoms with E-state index in [1.165, 1.54) is 33.3 Å². The Morgan fingerprint density at radius 1 is 1.00 bits per heavy atom. The normalized spacial score (nSPS) is 35.1. The van der Waals surface area contributed by atoms with E-state index in [-0.39, 0.29) is 67.7 Å². The third-order valence-electron chi connectivity index (χ3n) is 9.70. The standard InChI is InChI=1S/C38H57N3O15/c1-19-14-23-29(40-10-11-53-12-13-54-37-34(48)33(47)32(46)28(18-42)55-37)25(43)17-24(31(23)45)41-36(49)20(2)8-7-9-26(51-5)35(56-38(39)50)22(4)16-21(3)30(44)27(15-19)52-6/h7-9,16-17,19,21,26-28,30,32-35,37,40,42,44,46-48H,10-15,18H2,1-6H3,(H2,39,50)(H,41,49)/b9-7-,20-8+,22-16+/t19-,21?,26?,27+,28?,30-,32?,33?,34?,35+,37?/m1/s1. The fourth-order valence-electron chi connectivity index (χ4n) is 6.56. The summed E-state index contributed by atoms with van der Waals surface area (Å²) in [5, 5.41) is 56.3. The van der Waals surface area contributed by atoms with Crippen LogP contribution < -0.4 is 16.4 Å². The molecule has 56 heavy (non-hydrogen) atoms. The minimum Gasteiger partial charge on any atom is -0.439 e. The average molecular weight is 796 g/mol. The Hall–Kier alpha value is -3.82. The van der Waals surface area contributed by atoms with E-state index in [9.17, 15) is 44.7 Å². The van der Waals surface area contributed by atoms with Crippen molar-refractivity contribution in [2.75, 3.05) is 47.2 Å². The van der Waals surface area contributed by atoms with Gasteiger partial charge in [0.15, 0.2) is 12.4 Å². The summed E-state index contributed by atoms with van der Waals surface area (Å²) >= 11 is 0. The lowest BCUT2D eigenvalue weighted by Crippen LogP contribution is -2.59. The predicted molar refractivity (Wildman–Crippen MR) is 198 cm³/mol. The van der Waals surface area contributed by atoms with E-state index in [1.54, 1.807) is 26.0 Å². The number of carbonyl (C=O) groups is 4. The van der Waals surface area contributed by atoms with Gasteiger partial charge in [-0.2, -0.15) is 0 Å². The number of primary amides is 1. The molecule has 0 radical (unpaired) electrons. The van der Waals surface area contributed by atoms with Crippen molar-refractivity contribution in [1.29, 1.82) is 0 Å². The second-order valence-corrected chi connectivity index (χ2v) is 14.0. The van der Waals surface area contributed by atoms with Gasteiger partial charge in [0.1, 0.15) is 30.5 Å². The first-order chi connectivity index (χ1) is 26.5. The van der Waals surface area contributed by atoms with E-state index in [1.807, 2.05) is 6.92 Å². The average Bonchev–Trinajstić information content (AvgIpc) is 3.16. The molecule has 1 fully saturated rings. The maximum atomic E-state index is 13.9. The number of carbonyl (C=O) groups excluding carboxylic acids is 4. The highest BCUT2D eigenvalue weighted by atomic mass is 16.7. The Balaban J connectivity index is 1.81. The molecular formula is C38H57N3O15. The van der Waals surface area contributed by atoms with Crippen LogP contribution in [-0.2, 0) is 42.8 Å². The molecule has 314 valence electrons. The third kappa shape index (κ3) is 12.6. The van der Waals surface area contributed by atoms with Gasteiger partial charge in [0, 0.05) is 43.9 Å². The Kier molecular flexibility index (Phi) is 18.5. The highest BCUT2D eigenvalue weighted by Gasteiger charge is 2.44. The van der Waals surface area contributed by atoms with Gasteiger partial charge in [-0.1, -0.05) is 38.2 Å². The molecule has 7 unspecified atom stereocenters. The zero-order valence-corrected chi connectivity index (χ0v) is 32.6. The largest absolute Gasteiger partial charge is 0.439 e. The highest BCUT2D eigenvalue weighted by Crippen LogP contribution is 2.29. The van der Waals surface area contributed by atoms with Crippen LogP contribution in [0.15, 0.2) is 58.5 Å². The zero-order chi connectivity index (χ0) is 41.7. The van der Waals surface area contributed by atoms with Crippen molar-refractivity contribution in [3.8, 4) is 0 Å². The molecule has 0 aromatic rings. The molecule has 9 N–H and O–H groups in total. The number of nitrogens with one attached hydrogen (secondary N) is 2. The Bertz CT molecular complexity index is 1540. The second-order valence-electron chi connectivity index (χ2n) is 14.0. The number of hydrogen-bond acceptors (Lipinski definition) is 16. The molecule has 3 aliphatic rings. The molecule has 1 saturated heterocycles. The molecule has 2 aliphatic heterocycles. The number of methoxy groups -OCH3 is 2. The predicted octanol–water partition coefficient (Wildman–Crippen LogP) is -0.815. The Labute approximate surface area is 326 Å². The molecule has 2 bridgehead atoms. The van der Waals surface area contributed by atoms with Crippen molar-refractivity contribution in [2.24, 2.45) is 17.6 Å². The number of rotatable bonds is 12. The van der Waals surface area contributed by atoms with Gasteiger partial charge in [-0.15, -0.1) is 0 Å². The molecule has 3 rings (SSSR count). The van der Waals surface area contributed by atoms with Crippen LogP contribution in [0, 0.1) is 11.8 Å². The van der Waals surface area contributed by atoms with E-state index >= 15 is 0 Å². The molecule has 0 saturated carbocycles. The van der Waals surface area contributed by atoms with Crippen LogP contribution in [-0.4, -0.2) is 151 Å². The van der Waals surface area contributed by atoms with Gasteiger partial charge in [0.2, 0.25) is 11.6 Å². The summed E-state index contributed by atoms with van der Waals surface area (Å²) in [6.07, 6.45) is -4.02. The molecule has 18 nitrogen and oxygen atoms in total. The summed E-state index contributed by atoms with van der Waals surface area (Å²) < 4.78 is 32.9. The van der Waals surface area contributed by atoms with Crippen LogP contribution in [0.25, 0.3) is 0 Å². The summed E-state index contributed by atoms with van der Waals surface area (Å²) in [4.78, 5) is 52.4. The molecule has 0 aromatic heterocycles. The first-order valence-electron chi connectivity index (χ1n) is 18.4. The van der Waals surface area contributed by atoms with Crippen molar-refractivity contribution in [2.45, 2.75) is 95.7 Å². The molecule has 0 aromatic carbocycles. The zero-order valence-electron chi connectivity index (χ0n) is 32.6. The fraction of sp³-hybridized carbons (Fsp3) is 0.632. The number of ketones is 2. The second kappa shape index (κ2) is 22.2. The van der Waals surface area contributed by atoms with Crippen LogP contribution in [0.3, 0.4) is 0 Å². The van der Waals surface area contributed by atoms with Crippen LogP contribution in [0.5, 0.6) is 0 Å². The Morgan fingerprint density at radius 3 is 2.36 bits per heavy atom. The van der Waals surface area contributed by atoms with Gasteiger partial charge in [0.25, 0.3) is 5.91 Å². The van der Waals surface area contributed by atoms with Gasteiger partial charge in [-0.3, -0.25) is 14.4 Å². The number of nitrogens with two attached hydrogens (primary N) is 1. The first kappa shape index (κ1) is 46.6. The summed E-state index contributed by atoms with van der Waals surface area (Å²) in [6.45, 7) is 6.28. The number of amides is 2. The van der Waals surface area contributed by atoms with Crippen molar-refractivity contribution >= 4 is 23.6 Å². The van der Waals surface area contributed by atoms with E-state index in [0.717, 1.165) is 6.08 Å². The minimum absolute atomic E-state index is 0.00345. The van der Waals surface area contributed by atoms with Crippen LogP contribution >= 0.6 is 0 Å². The molecule has 11 atom stereocenters. The fourth-order valence-corrected chi connectivity index (χ4v) is 6.56. The monoisotopic (exact) mass is 795 g/mol. The van der Waals surface area contributed by atoms with Crippen molar-refractivity contribution in [3.63, 3.8) is 0 Å². The Morgan fingerprint density at radius 2 is 1.71 bits per heavy atom. The van der Waals surface area contributed by atoms with Crippen molar-refractivity contribution < 1.29 is 73.1 Å². The summed E-state index contributed by atoms with van der Waals surface area (Å²) in [5.41, 5.74) is 6.02. The van der Waals surface area contributed by atoms with Crippen LogP contribution in [0.2, 0.25) is 0 Å². The van der Waals surface area contributed by atoms with Crippen molar-refractivity contribution in [1.82, 2.24) is 10.6 Å². The molecule has 18 heteroatoms. The van der Waals surface area contributed by atoms with Gasteiger partial charge < -0.3 is 70.3 Å². The molecule has 2 amide bonds. The van der Waals surface area contributed by atoms with Crippen LogP contribution in [0.1, 0.15) is 40.5 Å². The number of fused-ring (bicyclic) bond motifs is 2. The first-order valence-corrected chi connectivity index (χ1v) is 18.4. The minimum atomic E-state index is -1.58. The molecular weight excluding hydrogens is 738 g/mol. The SMILES string of the molecule is COC1/C=C\C=C(/C)C(=O)NC2=CC(=O)C(NCCOCCOC3OC(CO)C(O)C(O)C3O)=C(C[C@@H](C)C[C@H](OC)[C@H](O)C(C)/C=C(\C)[C@@H]1OC(N)=O)C2=O. The molecule has 1 aliphatic carbocycles. The van der Waals surface area contributed by atoms with Gasteiger partial charge in [-0.25, -0.2) is 4.79 Å². The topological polar surface area (TPSA) is 275 Å². The summed E-state index contributed by atoms with van der Waals surface area (Å²) in [6, 6.07) is 0. The summed E-state index contributed by atoms with van der Waals surface area (Å²) in [7, 11) is 2.86. The highest BCUT2D eigenvalue weighted by molar-refractivity contribution is 6.23. The number of aliphatic hydroxyl groups excluding tert-OH is 5. The number of ether oxygens (including phenoxy) is 6. The van der Waals surface area contributed by atoms with Gasteiger partial charge >= 0.3 is 6.09 Å². The lowest BCUT2D eigenvalue weighted by molar-refractivity contribution is -0.302. The number of aliphatic hydroxyl groups is 5. The van der Waals surface area contributed by atoms with Crippen molar-refractivity contribution in [3.05, 3.63) is 58.5 Å².